The lowest BCUT2D eigenvalue weighted by atomic mass is 9.93. The summed E-state index contributed by atoms with van der Waals surface area (Å²) in [6.07, 6.45) is -4.39. The number of benzene rings is 1. The number of nitrogens with two attached hydrogens (primary N) is 1. The van der Waals surface area contributed by atoms with Crippen molar-refractivity contribution >= 4 is 22.9 Å². The first kappa shape index (κ1) is 14.1. The summed E-state index contributed by atoms with van der Waals surface area (Å²) in [6.45, 7) is 0. The van der Waals surface area contributed by atoms with E-state index in [4.69, 9.17) is 5.73 Å². The Labute approximate surface area is 122 Å². The molecule has 3 nitrogen and oxygen atoms in total. The topological polar surface area (TPSA) is 46.3 Å². The number of rotatable bonds is 2. The third-order valence-electron chi connectivity index (χ3n) is 3.45. The van der Waals surface area contributed by atoms with Crippen molar-refractivity contribution in [2.45, 2.75) is 18.3 Å². The summed E-state index contributed by atoms with van der Waals surface area (Å²) in [5.74, 6) is -0.284. The summed E-state index contributed by atoms with van der Waals surface area (Å²) in [6, 6.07) is 7.29. The van der Waals surface area contributed by atoms with Crippen LogP contribution in [-0.2, 0) is 11.0 Å². The molecule has 1 aliphatic rings. The highest BCUT2D eigenvalue weighted by Gasteiger charge is 2.47. The normalized spacial score (nSPS) is 22.3. The van der Waals surface area contributed by atoms with Crippen molar-refractivity contribution in [2.75, 3.05) is 4.90 Å². The van der Waals surface area contributed by atoms with Crippen LogP contribution >= 0.6 is 11.3 Å². The quantitative estimate of drug-likeness (QED) is 0.866. The predicted octanol–water partition coefficient (Wildman–Crippen LogP) is 3.18. The van der Waals surface area contributed by atoms with E-state index in [-0.39, 0.29) is 11.9 Å². The fourth-order valence-electron chi connectivity index (χ4n) is 2.37. The molecule has 2 heterocycles. The minimum absolute atomic E-state index is 0.284. The molecule has 110 valence electrons. The van der Waals surface area contributed by atoms with Gasteiger partial charge in [0.05, 0.1) is 11.6 Å². The molecule has 1 aromatic carbocycles. The molecule has 1 saturated heterocycles. The number of carbonyl (C=O) groups excluding carboxylic acids is 1. The van der Waals surface area contributed by atoms with E-state index in [1.54, 1.807) is 0 Å². The van der Waals surface area contributed by atoms with Gasteiger partial charge >= 0.3 is 6.18 Å². The van der Waals surface area contributed by atoms with Gasteiger partial charge in [-0.2, -0.15) is 13.2 Å². The molecule has 1 amide bonds. The Hall–Kier alpha value is -1.86. The van der Waals surface area contributed by atoms with Crippen molar-refractivity contribution in [2.24, 2.45) is 5.73 Å². The molecule has 0 saturated carbocycles. The number of β-lactam (4-membered cyclic amide) rings is 1. The van der Waals surface area contributed by atoms with Crippen molar-refractivity contribution in [1.82, 2.24) is 0 Å². The Bertz CT molecular complexity index is 652. The fourth-order valence-corrected chi connectivity index (χ4v) is 3.24. The van der Waals surface area contributed by atoms with Gasteiger partial charge in [-0.05, 0) is 35.7 Å². The maximum atomic E-state index is 12.6. The van der Waals surface area contributed by atoms with Crippen LogP contribution in [-0.4, -0.2) is 11.9 Å². The van der Waals surface area contributed by atoms with Crippen molar-refractivity contribution < 1.29 is 18.0 Å². The first-order valence-electron chi connectivity index (χ1n) is 6.19. The fraction of sp³-hybridized carbons (Fsp3) is 0.214. The molecule has 0 bridgehead atoms. The molecule has 7 heteroatoms. The average molecular weight is 312 g/mol. The average Bonchev–Trinajstić information content (AvgIpc) is 2.96. The van der Waals surface area contributed by atoms with Gasteiger partial charge < -0.3 is 10.6 Å². The number of hydrogen-bond donors (Lipinski definition) is 1. The highest BCUT2D eigenvalue weighted by molar-refractivity contribution is 7.10. The molecule has 0 aliphatic carbocycles. The molecule has 1 fully saturated rings. The van der Waals surface area contributed by atoms with Crippen LogP contribution in [0.1, 0.15) is 16.5 Å². The number of alkyl halides is 3. The first-order valence-corrected chi connectivity index (χ1v) is 7.07. The zero-order chi connectivity index (χ0) is 15.2. The van der Waals surface area contributed by atoms with Crippen LogP contribution < -0.4 is 10.6 Å². The van der Waals surface area contributed by atoms with Gasteiger partial charge in [-0.3, -0.25) is 4.79 Å². The Kier molecular flexibility index (Phi) is 3.26. The van der Waals surface area contributed by atoms with Crippen molar-refractivity contribution in [3.05, 3.63) is 52.2 Å². The Balaban J connectivity index is 1.90. The summed E-state index contributed by atoms with van der Waals surface area (Å²) in [5.41, 5.74) is 5.50. The zero-order valence-corrected chi connectivity index (χ0v) is 11.5. The largest absolute Gasteiger partial charge is 0.416 e. The molecule has 2 aromatic rings. The van der Waals surface area contributed by atoms with Gasteiger partial charge in [0.15, 0.2) is 0 Å². The monoisotopic (exact) mass is 312 g/mol. The molecule has 2 atom stereocenters. The summed E-state index contributed by atoms with van der Waals surface area (Å²) < 4.78 is 37.7. The van der Waals surface area contributed by atoms with E-state index in [0.29, 0.717) is 5.69 Å². The van der Waals surface area contributed by atoms with Gasteiger partial charge in [0.1, 0.15) is 6.04 Å². The maximum absolute atomic E-state index is 12.6. The van der Waals surface area contributed by atoms with Crippen LogP contribution in [0, 0.1) is 0 Å². The third kappa shape index (κ3) is 2.32. The second-order valence-electron chi connectivity index (χ2n) is 4.74. The van der Waals surface area contributed by atoms with E-state index in [1.807, 2.05) is 17.5 Å². The number of halogens is 3. The van der Waals surface area contributed by atoms with Gasteiger partial charge in [-0.15, -0.1) is 11.3 Å². The highest BCUT2D eigenvalue weighted by Crippen LogP contribution is 2.40. The molecular weight excluding hydrogens is 301 g/mol. The lowest BCUT2D eigenvalue weighted by Crippen LogP contribution is -2.63. The van der Waals surface area contributed by atoms with Crippen LogP contribution in [0.2, 0.25) is 0 Å². The zero-order valence-electron chi connectivity index (χ0n) is 10.7. The van der Waals surface area contributed by atoms with Crippen molar-refractivity contribution in [1.29, 1.82) is 0 Å². The van der Waals surface area contributed by atoms with Crippen LogP contribution in [0.5, 0.6) is 0 Å². The Morgan fingerprint density at radius 3 is 2.33 bits per heavy atom. The number of amides is 1. The second-order valence-corrected chi connectivity index (χ2v) is 5.72. The van der Waals surface area contributed by atoms with E-state index < -0.39 is 17.8 Å². The van der Waals surface area contributed by atoms with Crippen molar-refractivity contribution in [3.63, 3.8) is 0 Å². The summed E-state index contributed by atoms with van der Waals surface area (Å²) in [5, 5.41) is 1.87. The molecular formula is C14H11F3N2OS. The van der Waals surface area contributed by atoms with Crippen molar-refractivity contribution in [3.8, 4) is 0 Å². The minimum Gasteiger partial charge on any atom is -0.318 e. The first-order chi connectivity index (χ1) is 9.89. The second kappa shape index (κ2) is 4.85. The molecule has 21 heavy (non-hydrogen) atoms. The minimum atomic E-state index is -4.39. The summed E-state index contributed by atoms with van der Waals surface area (Å²) in [7, 11) is 0. The molecule has 1 aromatic heterocycles. The maximum Gasteiger partial charge on any atom is 0.416 e. The number of carbonyl (C=O) groups is 1. The number of hydrogen-bond acceptors (Lipinski definition) is 3. The molecule has 0 unspecified atom stereocenters. The smallest absolute Gasteiger partial charge is 0.318 e. The number of thiophene rings is 1. The van der Waals surface area contributed by atoms with Crippen LogP contribution in [0.4, 0.5) is 18.9 Å². The molecule has 0 radical (unpaired) electrons. The lowest BCUT2D eigenvalue weighted by Gasteiger charge is -2.44. The van der Waals surface area contributed by atoms with E-state index >= 15 is 0 Å². The van der Waals surface area contributed by atoms with Gasteiger partial charge in [-0.1, -0.05) is 6.07 Å². The van der Waals surface area contributed by atoms with Crippen LogP contribution in [0.15, 0.2) is 41.8 Å². The molecule has 2 N–H and O–H groups in total. The number of nitrogens with zero attached hydrogens (tertiary/aromatic N) is 1. The van der Waals surface area contributed by atoms with Gasteiger partial charge in [-0.25, -0.2) is 0 Å². The van der Waals surface area contributed by atoms with Gasteiger partial charge in [0.2, 0.25) is 5.91 Å². The molecule has 1 aliphatic heterocycles. The number of anilines is 1. The molecule has 0 spiro atoms. The summed E-state index contributed by atoms with van der Waals surface area (Å²) in [4.78, 5) is 14.3. The third-order valence-corrected chi connectivity index (χ3v) is 4.39. The SMILES string of the molecule is N[C@H]1C(=O)N(c2ccc(C(F)(F)F)cc2)[C@H]1c1cccs1. The predicted molar refractivity (Wildman–Crippen MR) is 74.0 cm³/mol. The van der Waals surface area contributed by atoms with Crippen LogP contribution in [0.25, 0.3) is 0 Å². The standard InChI is InChI=1S/C14H11F3N2OS/c15-14(16,17)8-3-5-9(6-4-8)19-12(11(18)13(19)20)10-2-1-7-21-10/h1-7,11-12H,18H2/t11-,12+/m1/s1. The summed E-state index contributed by atoms with van der Waals surface area (Å²) >= 11 is 1.46. The van der Waals surface area contributed by atoms with E-state index in [1.165, 1.54) is 28.4 Å². The van der Waals surface area contributed by atoms with E-state index in [9.17, 15) is 18.0 Å². The van der Waals surface area contributed by atoms with Gasteiger partial charge in [0, 0.05) is 10.6 Å². The molecule has 3 rings (SSSR count). The lowest BCUT2D eigenvalue weighted by molar-refractivity contribution is -0.137. The van der Waals surface area contributed by atoms with Crippen LogP contribution in [0.3, 0.4) is 0 Å². The van der Waals surface area contributed by atoms with E-state index in [0.717, 1.165) is 17.0 Å². The Morgan fingerprint density at radius 1 is 1.14 bits per heavy atom. The van der Waals surface area contributed by atoms with Gasteiger partial charge in [0.25, 0.3) is 0 Å². The van der Waals surface area contributed by atoms with E-state index in [2.05, 4.69) is 0 Å². The highest BCUT2D eigenvalue weighted by atomic mass is 32.1. The Morgan fingerprint density at radius 2 is 1.81 bits per heavy atom.